The molecule has 1 aromatic rings. The minimum atomic E-state index is 0.162. The van der Waals surface area contributed by atoms with Crippen LogP contribution in [0.2, 0.25) is 0 Å². The van der Waals surface area contributed by atoms with Crippen LogP contribution in [0.3, 0.4) is 0 Å². The van der Waals surface area contributed by atoms with E-state index in [2.05, 4.69) is 36.1 Å². The maximum atomic E-state index is 12.6. The van der Waals surface area contributed by atoms with E-state index in [4.69, 9.17) is 0 Å². The standard InChI is InChI=1S/C19H27NO/c1-2-16(19(21)20-12-4-3-5-13-20)14-15-6-8-17(9-7-15)18-10-11-18/h6-9,16,18H,2-5,10-14H2,1H3. The number of carbonyl (C=O) groups excluding carboxylic acids is 1. The summed E-state index contributed by atoms with van der Waals surface area (Å²) < 4.78 is 0. The summed E-state index contributed by atoms with van der Waals surface area (Å²) in [6, 6.07) is 9.01. The van der Waals surface area contributed by atoms with E-state index in [0.29, 0.717) is 5.91 Å². The monoisotopic (exact) mass is 285 g/mol. The van der Waals surface area contributed by atoms with Crippen molar-refractivity contribution in [2.24, 2.45) is 5.92 Å². The van der Waals surface area contributed by atoms with Crippen molar-refractivity contribution in [1.82, 2.24) is 4.90 Å². The Morgan fingerprint density at radius 3 is 2.38 bits per heavy atom. The number of amides is 1. The van der Waals surface area contributed by atoms with Gasteiger partial charge in [0.2, 0.25) is 5.91 Å². The lowest BCUT2D eigenvalue weighted by molar-refractivity contribution is -0.136. The average Bonchev–Trinajstić information content (AvgIpc) is 3.38. The second kappa shape index (κ2) is 6.64. The highest BCUT2D eigenvalue weighted by atomic mass is 16.2. The third-order valence-corrected chi connectivity index (χ3v) is 5.02. The molecule has 114 valence electrons. The first-order chi connectivity index (χ1) is 10.3. The topological polar surface area (TPSA) is 20.3 Å². The van der Waals surface area contributed by atoms with Gasteiger partial charge in [-0.15, -0.1) is 0 Å². The fourth-order valence-corrected chi connectivity index (χ4v) is 3.41. The molecule has 21 heavy (non-hydrogen) atoms. The van der Waals surface area contributed by atoms with Gasteiger partial charge in [-0.3, -0.25) is 4.79 Å². The van der Waals surface area contributed by atoms with Gasteiger partial charge in [-0.2, -0.15) is 0 Å². The van der Waals surface area contributed by atoms with Gasteiger partial charge in [0, 0.05) is 19.0 Å². The predicted molar refractivity (Wildman–Crippen MR) is 86.3 cm³/mol. The third-order valence-electron chi connectivity index (χ3n) is 5.02. The van der Waals surface area contributed by atoms with Gasteiger partial charge in [0.1, 0.15) is 0 Å². The van der Waals surface area contributed by atoms with Gasteiger partial charge >= 0.3 is 0 Å². The summed E-state index contributed by atoms with van der Waals surface area (Å²) in [4.78, 5) is 14.7. The summed E-state index contributed by atoms with van der Waals surface area (Å²) in [5, 5.41) is 0. The Bertz CT molecular complexity index is 469. The maximum Gasteiger partial charge on any atom is 0.226 e. The Labute approximate surface area is 128 Å². The van der Waals surface area contributed by atoms with E-state index in [9.17, 15) is 4.79 Å². The lowest BCUT2D eigenvalue weighted by atomic mass is 9.93. The molecule has 1 amide bonds. The first-order valence-corrected chi connectivity index (χ1v) is 8.65. The minimum Gasteiger partial charge on any atom is -0.342 e. The smallest absolute Gasteiger partial charge is 0.226 e. The Morgan fingerprint density at radius 2 is 1.81 bits per heavy atom. The number of hydrogen-bond acceptors (Lipinski definition) is 1. The lowest BCUT2D eigenvalue weighted by Gasteiger charge is -2.30. The molecular weight excluding hydrogens is 258 g/mol. The molecule has 1 unspecified atom stereocenters. The summed E-state index contributed by atoms with van der Waals surface area (Å²) in [6.45, 7) is 4.08. The van der Waals surface area contributed by atoms with Crippen LogP contribution in [0.25, 0.3) is 0 Å². The first kappa shape index (κ1) is 14.6. The Hall–Kier alpha value is -1.31. The van der Waals surface area contributed by atoms with Crippen LogP contribution in [0, 0.1) is 5.92 Å². The quantitative estimate of drug-likeness (QED) is 0.796. The highest BCUT2D eigenvalue weighted by Gasteiger charge is 2.25. The van der Waals surface area contributed by atoms with E-state index in [-0.39, 0.29) is 5.92 Å². The zero-order valence-corrected chi connectivity index (χ0v) is 13.2. The van der Waals surface area contributed by atoms with Crippen molar-refractivity contribution in [3.8, 4) is 0 Å². The summed E-state index contributed by atoms with van der Waals surface area (Å²) in [7, 11) is 0. The number of piperidine rings is 1. The number of rotatable bonds is 5. The van der Waals surface area contributed by atoms with Crippen LogP contribution in [-0.4, -0.2) is 23.9 Å². The molecule has 1 aliphatic heterocycles. The van der Waals surface area contributed by atoms with Crippen molar-refractivity contribution < 1.29 is 4.79 Å². The predicted octanol–water partition coefficient (Wildman–Crippen LogP) is 4.15. The second-order valence-corrected chi connectivity index (χ2v) is 6.71. The fourth-order valence-electron chi connectivity index (χ4n) is 3.41. The van der Waals surface area contributed by atoms with Crippen molar-refractivity contribution in [2.75, 3.05) is 13.1 Å². The van der Waals surface area contributed by atoms with Gasteiger partial charge in [-0.05, 0) is 62.0 Å². The minimum absolute atomic E-state index is 0.162. The molecule has 2 heteroatoms. The van der Waals surface area contributed by atoms with Crippen LogP contribution in [0.5, 0.6) is 0 Å². The molecule has 0 radical (unpaired) electrons. The van der Waals surface area contributed by atoms with Gasteiger partial charge in [-0.1, -0.05) is 31.2 Å². The van der Waals surface area contributed by atoms with Gasteiger partial charge in [0.15, 0.2) is 0 Å². The average molecular weight is 285 g/mol. The van der Waals surface area contributed by atoms with Gasteiger partial charge < -0.3 is 4.90 Å². The van der Waals surface area contributed by atoms with Crippen LogP contribution in [0.1, 0.15) is 62.5 Å². The molecule has 1 saturated carbocycles. The van der Waals surface area contributed by atoms with Crippen molar-refractivity contribution in [1.29, 1.82) is 0 Å². The molecule has 0 bridgehead atoms. The fraction of sp³-hybridized carbons (Fsp3) is 0.632. The molecule has 1 saturated heterocycles. The van der Waals surface area contributed by atoms with Crippen molar-refractivity contribution >= 4 is 5.91 Å². The lowest BCUT2D eigenvalue weighted by Crippen LogP contribution is -2.40. The van der Waals surface area contributed by atoms with Crippen LogP contribution in [-0.2, 0) is 11.2 Å². The summed E-state index contributed by atoms with van der Waals surface area (Å²) >= 11 is 0. The Balaban J connectivity index is 1.61. The zero-order chi connectivity index (χ0) is 14.7. The second-order valence-electron chi connectivity index (χ2n) is 6.71. The van der Waals surface area contributed by atoms with Crippen LogP contribution in [0.15, 0.2) is 24.3 Å². The molecule has 2 nitrogen and oxygen atoms in total. The maximum absolute atomic E-state index is 12.6. The SMILES string of the molecule is CCC(Cc1ccc(C2CC2)cc1)C(=O)N1CCCCC1. The van der Waals surface area contributed by atoms with Gasteiger partial charge in [0.05, 0.1) is 0 Å². The molecule has 1 atom stereocenters. The number of benzene rings is 1. The summed E-state index contributed by atoms with van der Waals surface area (Å²) in [5.74, 6) is 1.36. The Kier molecular flexibility index (Phi) is 4.62. The number of nitrogens with zero attached hydrogens (tertiary/aromatic N) is 1. The van der Waals surface area contributed by atoms with Crippen molar-refractivity contribution in [3.63, 3.8) is 0 Å². The molecule has 0 spiro atoms. The van der Waals surface area contributed by atoms with Crippen molar-refractivity contribution in [3.05, 3.63) is 35.4 Å². The molecule has 2 fully saturated rings. The third kappa shape index (κ3) is 3.66. The van der Waals surface area contributed by atoms with Crippen LogP contribution in [0.4, 0.5) is 0 Å². The van der Waals surface area contributed by atoms with E-state index in [1.54, 1.807) is 0 Å². The number of hydrogen-bond donors (Lipinski definition) is 0. The van der Waals surface area contributed by atoms with Gasteiger partial charge in [-0.25, -0.2) is 0 Å². The van der Waals surface area contributed by atoms with Gasteiger partial charge in [0.25, 0.3) is 0 Å². The highest BCUT2D eigenvalue weighted by Crippen LogP contribution is 2.40. The molecule has 0 N–H and O–H groups in total. The summed E-state index contributed by atoms with van der Waals surface area (Å²) in [5.41, 5.74) is 2.80. The zero-order valence-electron chi connectivity index (χ0n) is 13.2. The molecule has 1 heterocycles. The molecule has 2 aliphatic rings. The van der Waals surface area contributed by atoms with E-state index < -0.39 is 0 Å². The summed E-state index contributed by atoms with van der Waals surface area (Å²) in [6.07, 6.45) is 8.19. The molecule has 0 aromatic heterocycles. The molecule has 1 aromatic carbocycles. The van der Waals surface area contributed by atoms with E-state index in [0.717, 1.165) is 31.8 Å². The van der Waals surface area contributed by atoms with E-state index in [1.165, 1.54) is 43.2 Å². The molecular formula is C19H27NO. The Morgan fingerprint density at radius 1 is 1.14 bits per heavy atom. The largest absolute Gasteiger partial charge is 0.342 e. The van der Waals surface area contributed by atoms with E-state index >= 15 is 0 Å². The van der Waals surface area contributed by atoms with Crippen LogP contribution >= 0.6 is 0 Å². The first-order valence-electron chi connectivity index (χ1n) is 8.65. The van der Waals surface area contributed by atoms with Crippen LogP contribution < -0.4 is 0 Å². The molecule has 1 aliphatic carbocycles. The van der Waals surface area contributed by atoms with E-state index in [1.807, 2.05) is 0 Å². The number of carbonyl (C=O) groups is 1. The number of likely N-dealkylation sites (tertiary alicyclic amines) is 1. The normalized spacial score (nSPS) is 20.3. The molecule has 3 rings (SSSR count). The van der Waals surface area contributed by atoms with Crippen molar-refractivity contribution in [2.45, 2.75) is 57.8 Å². The highest BCUT2D eigenvalue weighted by molar-refractivity contribution is 5.79.